The summed E-state index contributed by atoms with van der Waals surface area (Å²) in [5, 5.41) is 1.02. The van der Waals surface area contributed by atoms with Gasteiger partial charge in [0.2, 0.25) is 15.9 Å². The summed E-state index contributed by atoms with van der Waals surface area (Å²) in [6.45, 7) is 4.51. The van der Waals surface area contributed by atoms with Gasteiger partial charge in [-0.25, -0.2) is 8.42 Å². The monoisotopic (exact) mass is 482 g/mol. The molecule has 0 radical (unpaired) electrons. The summed E-state index contributed by atoms with van der Waals surface area (Å²) in [4.78, 5) is 26.5. The minimum atomic E-state index is -3.66. The molecule has 2 heterocycles. The maximum Gasteiger partial charge on any atom is 0.243 e. The summed E-state index contributed by atoms with van der Waals surface area (Å²) in [5.41, 5.74) is 2.33. The summed E-state index contributed by atoms with van der Waals surface area (Å²) in [5.74, 6) is 0.578. The number of Topliss-reactive ketones (excluding diaryl/α,β-unsaturated/α-hetero) is 1. The molecule has 0 unspecified atom stereocenters. The highest BCUT2D eigenvalue weighted by Gasteiger charge is 2.33. The SMILES string of the molecule is CCc1oc2ccccc2c1CN(C)C(=O)C1CCN(S(=O)(=O)c2ccc(C(C)=O)cc2)CC1. The number of aryl methyl sites for hydroxylation is 1. The average molecular weight is 483 g/mol. The van der Waals surface area contributed by atoms with Crippen molar-refractivity contribution in [3.63, 3.8) is 0 Å². The Morgan fingerprint density at radius 3 is 2.32 bits per heavy atom. The molecule has 0 bridgehead atoms. The summed E-state index contributed by atoms with van der Waals surface area (Å²) in [7, 11) is -1.87. The molecular weight excluding hydrogens is 452 g/mol. The van der Waals surface area contributed by atoms with Crippen molar-refractivity contribution in [1.82, 2.24) is 9.21 Å². The molecule has 1 amide bonds. The second-order valence-electron chi connectivity index (χ2n) is 8.81. The molecule has 0 atom stereocenters. The Labute approximate surface area is 200 Å². The number of hydrogen-bond donors (Lipinski definition) is 0. The van der Waals surface area contributed by atoms with Crippen LogP contribution in [0.3, 0.4) is 0 Å². The van der Waals surface area contributed by atoms with Gasteiger partial charge in [-0.2, -0.15) is 4.31 Å². The van der Waals surface area contributed by atoms with Crippen molar-refractivity contribution < 1.29 is 22.4 Å². The normalized spacial score (nSPS) is 15.5. The van der Waals surface area contributed by atoms with Crippen LogP contribution in [0.1, 0.15) is 48.4 Å². The molecule has 1 aliphatic heterocycles. The molecule has 1 fully saturated rings. The molecule has 8 heteroatoms. The lowest BCUT2D eigenvalue weighted by molar-refractivity contribution is -0.135. The third-order valence-electron chi connectivity index (χ3n) is 6.58. The lowest BCUT2D eigenvalue weighted by Gasteiger charge is -2.32. The zero-order chi connectivity index (χ0) is 24.5. The van der Waals surface area contributed by atoms with E-state index in [0.29, 0.717) is 24.9 Å². The van der Waals surface area contributed by atoms with Gasteiger partial charge in [-0.05, 0) is 38.0 Å². The number of piperidine rings is 1. The molecule has 3 aromatic rings. The fourth-order valence-electron chi connectivity index (χ4n) is 4.59. The highest BCUT2D eigenvalue weighted by molar-refractivity contribution is 7.89. The molecule has 0 saturated carbocycles. The van der Waals surface area contributed by atoms with Crippen LogP contribution in [0.4, 0.5) is 0 Å². The number of nitrogens with zero attached hydrogens (tertiary/aromatic N) is 2. The lowest BCUT2D eigenvalue weighted by Crippen LogP contribution is -2.43. The summed E-state index contributed by atoms with van der Waals surface area (Å²) >= 11 is 0. The molecule has 4 rings (SSSR count). The maximum absolute atomic E-state index is 13.2. The second-order valence-corrected chi connectivity index (χ2v) is 10.7. The third kappa shape index (κ3) is 4.65. The van der Waals surface area contributed by atoms with E-state index in [9.17, 15) is 18.0 Å². The van der Waals surface area contributed by atoms with E-state index in [1.807, 2.05) is 31.2 Å². The van der Waals surface area contributed by atoms with Crippen LogP contribution in [-0.4, -0.2) is 49.5 Å². The topological polar surface area (TPSA) is 87.9 Å². The Bertz CT molecular complexity index is 1300. The number of carbonyl (C=O) groups is 2. The predicted molar refractivity (Wildman–Crippen MR) is 130 cm³/mol. The van der Waals surface area contributed by atoms with Gasteiger partial charge in [-0.3, -0.25) is 9.59 Å². The Morgan fingerprint density at radius 1 is 1.06 bits per heavy atom. The zero-order valence-corrected chi connectivity index (χ0v) is 20.6. The van der Waals surface area contributed by atoms with Crippen LogP contribution in [0.15, 0.2) is 57.8 Å². The average Bonchev–Trinajstić information content (AvgIpc) is 3.21. The van der Waals surface area contributed by atoms with Crippen molar-refractivity contribution in [1.29, 1.82) is 0 Å². The largest absolute Gasteiger partial charge is 0.461 e. The second kappa shape index (κ2) is 9.72. The van der Waals surface area contributed by atoms with E-state index >= 15 is 0 Å². The number of amides is 1. The Balaban J connectivity index is 1.41. The van der Waals surface area contributed by atoms with Crippen LogP contribution in [0.2, 0.25) is 0 Å². The quantitative estimate of drug-likeness (QED) is 0.470. The predicted octanol–water partition coefficient (Wildman–Crippen LogP) is 4.26. The minimum absolute atomic E-state index is 0.0233. The van der Waals surface area contributed by atoms with Gasteiger partial charge in [0.25, 0.3) is 0 Å². The molecule has 1 saturated heterocycles. The maximum atomic E-state index is 13.2. The number of sulfonamides is 1. The summed E-state index contributed by atoms with van der Waals surface area (Å²) in [6, 6.07) is 13.8. The number of fused-ring (bicyclic) bond motifs is 1. The van der Waals surface area contributed by atoms with Crippen molar-refractivity contribution in [3.05, 3.63) is 65.4 Å². The van der Waals surface area contributed by atoms with E-state index in [1.165, 1.54) is 35.5 Å². The lowest BCUT2D eigenvalue weighted by atomic mass is 9.96. The first kappa shape index (κ1) is 24.2. The number of para-hydroxylation sites is 1. The van der Waals surface area contributed by atoms with Crippen LogP contribution in [0, 0.1) is 5.92 Å². The van der Waals surface area contributed by atoms with Gasteiger partial charge in [-0.15, -0.1) is 0 Å². The summed E-state index contributed by atoms with van der Waals surface area (Å²) < 4.78 is 33.4. The standard InChI is InChI=1S/C26H30N2O5S/c1-4-24-23(22-7-5-6-8-25(22)33-24)17-27(3)26(30)20-13-15-28(16-14-20)34(31,32)21-11-9-19(10-12-21)18(2)29/h5-12,20H,4,13-17H2,1-3H3. The summed E-state index contributed by atoms with van der Waals surface area (Å²) in [6.07, 6.45) is 1.69. The number of furan rings is 1. The molecule has 180 valence electrons. The van der Waals surface area contributed by atoms with Crippen LogP contribution in [0.25, 0.3) is 11.0 Å². The van der Waals surface area contributed by atoms with Crippen LogP contribution in [-0.2, 0) is 27.8 Å². The molecule has 2 aromatic carbocycles. The van der Waals surface area contributed by atoms with E-state index in [2.05, 4.69) is 0 Å². The number of carbonyl (C=O) groups excluding carboxylic acids is 2. The molecular formula is C26H30N2O5S. The van der Waals surface area contributed by atoms with E-state index in [4.69, 9.17) is 4.42 Å². The smallest absolute Gasteiger partial charge is 0.243 e. The van der Waals surface area contributed by atoms with E-state index < -0.39 is 10.0 Å². The van der Waals surface area contributed by atoms with Crippen molar-refractivity contribution in [2.45, 2.75) is 44.6 Å². The third-order valence-corrected chi connectivity index (χ3v) is 8.49. The highest BCUT2D eigenvalue weighted by Crippen LogP contribution is 2.29. The number of hydrogen-bond acceptors (Lipinski definition) is 5. The van der Waals surface area contributed by atoms with Crippen LogP contribution in [0.5, 0.6) is 0 Å². The number of ketones is 1. The van der Waals surface area contributed by atoms with Crippen molar-refractivity contribution in [2.75, 3.05) is 20.1 Å². The number of rotatable bonds is 7. The molecule has 0 N–H and O–H groups in total. The molecule has 0 spiro atoms. The molecule has 34 heavy (non-hydrogen) atoms. The van der Waals surface area contributed by atoms with Gasteiger partial charge in [0.15, 0.2) is 5.78 Å². The van der Waals surface area contributed by atoms with Gasteiger partial charge in [-0.1, -0.05) is 37.3 Å². The minimum Gasteiger partial charge on any atom is -0.461 e. The Kier molecular flexibility index (Phi) is 6.91. The Morgan fingerprint density at radius 2 is 1.71 bits per heavy atom. The fourth-order valence-corrected chi connectivity index (χ4v) is 6.06. The van der Waals surface area contributed by atoms with Crippen molar-refractivity contribution in [3.8, 4) is 0 Å². The first-order valence-electron chi connectivity index (χ1n) is 11.6. The highest BCUT2D eigenvalue weighted by atomic mass is 32.2. The van der Waals surface area contributed by atoms with Crippen molar-refractivity contribution in [2.24, 2.45) is 5.92 Å². The first-order valence-corrected chi connectivity index (χ1v) is 13.0. The van der Waals surface area contributed by atoms with Crippen LogP contribution >= 0.6 is 0 Å². The molecule has 1 aromatic heterocycles. The van der Waals surface area contributed by atoms with Crippen molar-refractivity contribution >= 4 is 32.7 Å². The Hall–Kier alpha value is -2.97. The van der Waals surface area contributed by atoms with E-state index in [0.717, 1.165) is 28.7 Å². The fraction of sp³-hybridized carbons (Fsp3) is 0.385. The van der Waals surface area contributed by atoms with Gasteiger partial charge in [0.05, 0.1) is 4.90 Å². The zero-order valence-electron chi connectivity index (χ0n) is 19.8. The van der Waals surface area contributed by atoms with E-state index in [1.54, 1.807) is 11.9 Å². The van der Waals surface area contributed by atoms with Gasteiger partial charge < -0.3 is 9.32 Å². The van der Waals surface area contributed by atoms with Gasteiger partial charge in [0, 0.05) is 55.5 Å². The van der Waals surface area contributed by atoms with E-state index in [-0.39, 0.29) is 35.6 Å². The van der Waals surface area contributed by atoms with Gasteiger partial charge >= 0.3 is 0 Å². The molecule has 7 nitrogen and oxygen atoms in total. The van der Waals surface area contributed by atoms with Gasteiger partial charge in [0.1, 0.15) is 11.3 Å². The molecule has 0 aliphatic carbocycles. The number of benzene rings is 2. The van der Waals surface area contributed by atoms with Crippen LogP contribution < -0.4 is 0 Å². The first-order chi connectivity index (χ1) is 16.2. The molecule has 1 aliphatic rings.